The first kappa shape index (κ1) is 58.6. The van der Waals surface area contributed by atoms with Gasteiger partial charge >= 0.3 is 17.6 Å². The Morgan fingerprint density at radius 3 is 1.77 bits per heavy atom. The highest BCUT2D eigenvalue weighted by molar-refractivity contribution is 7.44. The number of nitriles is 1. The fourth-order valence-corrected chi connectivity index (χ4v) is 11.7. The van der Waals surface area contributed by atoms with Crippen LogP contribution in [0.4, 0.5) is 17.6 Å². The summed E-state index contributed by atoms with van der Waals surface area (Å²) in [5, 5.41) is 9.39. The van der Waals surface area contributed by atoms with Crippen molar-refractivity contribution in [2.45, 2.75) is 107 Å². The molecule has 2 saturated heterocycles. The summed E-state index contributed by atoms with van der Waals surface area (Å²) < 4.78 is 116. The van der Waals surface area contributed by atoms with Gasteiger partial charge in [-0.2, -0.15) is 18.4 Å². The number of H-pyrrole nitrogens is 2. The van der Waals surface area contributed by atoms with Gasteiger partial charge in [-0.25, -0.2) is 18.6 Å². The number of ether oxygens (including phenoxy) is 6. The summed E-state index contributed by atoms with van der Waals surface area (Å²) in [5.74, 6) is -0.142. The van der Waals surface area contributed by atoms with Crippen molar-refractivity contribution in [2.24, 2.45) is 5.92 Å². The van der Waals surface area contributed by atoms with E-state index in [1.54, 1.807) is 24.3 Å². The first-order valence-corrected chi connectivity index (χ1v) is 26.1. The molecule has 24 heteroatoms. The van der Waals surface area contributed by atoms with Crippen LogP contribution in [0.2, 0.25) is 0 Å². The van der Waals surface area contributed by atoms with Gasteiger partial charge < -0.3 is 37.5 Å². The maximum Gasteiger partial charge on any atom is 0.401 e. The van der Waals surface area contributed by atoms with Crippen LogP contribution in [0.15, 0.2) is 123 Å². The number of aromatic amines is 2. The van der Waals surface area contributed by atoms with Crippen LogP contribution in [0, 0.1) is 17.2 Å². The first-order chi connectivity index (χ1) is 36.8. The fraction of sp³-hybridized carbons (Fsp3) is 0.491. The summed E-state index contributed by atoms with van der Waals surface area (Å²) in [4.78, 5) is 56.2. The molecule has 1 unspecified atom stereocenters. The zero-order valence-electron chi connectivity index (χ0n) is 43.6. The summed E-state index contributed by atoms with van der Waals surface area (Å²) >= 11 is 0. The van der Waals surface area contributed by atoms with Gasteiger partial charge in [-0.1, -0.05) is 54.6 Å². The van der Waals surface area contributed by atoms with Crippen molar-refractivity contribution in [1.29, 1.82) is 5.26 Å². The molecule has 0 bridgehead atoms. The van der Waals surface area contributed by atoms with Crippen LogP contribution in [0.3, 0.4) is 0 Å². The molecule has 0 radical (unpaired) electrons. The zero-order chi connectivity index (χ0) is 55.6. The second-order valence-electron chi connectivity index (χ2n) is 19.0. The number of hydrogen-bond acceptors (Lipinski definition) is 15. The topological polar surface area (TPSA) is 214 Å². The summed E-state index contributed by atoms with van der Waals surface area (Å²) in [6.07, 6.45) is -12.9. The van der Waals surface area contributed by atoms with Crippen LogP contribution in [0.25, 0.3) is 0 Å². The highest BCUT2D eigenvalue weighted by atomic mass is 31.2. The van der Waals surface area contributed by atoms with Crippen molar-refractivity contribution >= 4 is 8.53 Å². The van der Waals surface area contributed by atoms with Crippen molar-refractivity contribution in [2.75, 3.05) is 54.2 Å². The van der Waals surface area contributed by atoms with Gasteiger partial charge in [0.2, 0.25) is 0 Å². The largest absolute Gasteiger partial charge is 0.497 e. The second kappa shape index (κ2) is 26.1. The SMILES string of the molecule is COc1ccc(C(OC[C@H]2O[C@@H](n3ccc(=O)[nH]c3=O)[C@H](F)[C@@H]2CCN(C[C@H]2O[C@@H](n3ccc(=O)[nH]c3=O)[C@H](OC)[C@@H]2OP(OCCC#N)N(C(C)C)C(C)C)CC(F)(F)F)(c2ccccc2)c2ccc(OC)cc2)cc1. The third-order valence-electron chi connectivity index (χ3n) is 13.4. The summed E-state index contributed by atoms with van der Waals surface area (Å²) in [7, 11) is 2.30. The Morgan fingerprint density at radius 1 is 0.740 bits per heavy atom. The normalized spacial score (nSPS) is 22.3. The van der Waals surface area contributed by atoms with E-state index in [-0.39, 0.29) is 38.1 Å². The number of methoxy groups -OCH3 is 3. The molecule has 3 aromatic carbocycles. The third-order valence-corrected chi connectivity index (χ3v) is 15.5. The molecule has 0 saturated carbocycles. The number of nitrogens with zero attached hydrogens (tertiary/aromatic N) is 5. The molecule has 2 aliphatic rings. The Bertz CT molecular complexity index is 2920. The van der Waals surface area contributed by atoms with Crippen molar-refractivity contribution in [3.05, 3.63) is 162 Å². The number of nitrogens with one attached hydrogen (secondary N) is 2. The number of hydrogen-bond donors (Lipinski definition) is 2. The minimum absolute atomic E-state index is 0.000328. The lowest BCUT2D eigenvalue weighted by molar-refractivity contribution is -0.152. The molecule has 2 N–H and O–H groups in total. The smallest absolute Gasteiger partial charge is 0.401 e. The van der Waals surface area contributed by atoms with Crippen molar-refractivity contribution in [3.8, 4) is 17.6 Å². The van der Waals surface area contributed by atoms with E-state index in [4.69, 9.17) is 37.5 Å². The maximum absolute atomic E-state index is 17.5. The highest BCUT2D eigenvalue weighted by Gasteiger charge is 2.52. The molecule has 7 rings (SSSR count). The van der Waals surface area contributed by atoms with E-state index >= 15 is 4.39 Å². The lowest BCUT2D eigenvalue weighted by Gasteiger charge is -2.38. The number of alkyl halides is 4. The van der Waals surface area contributed by atoms with E-state index in [2.05, 4.69) is 9.97 Å². The van der Waals surface area contributed by atoms with E-state index in [1.807, 2.05) is 93.0 Å². The van der Waals surface area contributed by atoms with Gasteiger partial charge in [-0.3, -0.25) is 33.6 Å². The van der Waals surface area contributed by atoms with Crippen LogP contribution < -0.4 is 32.0 Å². The Kier molecular flexibility index (Phi) is 19.8. The van der Waals surface area contributed by atoms with Gasteiger partial charge in [0, 0.05) is 56.2 Å². The molecule has 9 atom stereocenters. The number of halogens is 4. The molecule has 2 fully saturated rings. The molecular formula is C53H64F4N7O12P. The lowest BCUT2D eigenvalue weighted by Crippen LogP contribution is -2.46. The van der Waals surface area contributed by atoms with Gasteiger partial charge in [0.25, 0.3) is 19.6 Å². The molecule has 5 aromatic rings. The van der Waals surface area contributed by atoms with Crippen LogP contribution in [-0.4, -0.2) is 132 Å². The highest BCUT2D eigenvalue weighted by Crippen LogP contribution is 2.51. The molecule has 2 aliphatic heterocycles. The molecule has 0 aliphatic carbocycles. The van der Waals surface area contributed by atoms with Crippen molar-refractivity contribution in [3.63, 3.8) is 0 Å². The molecule has 416 valence electrons. The molecule has 0 amide bonds. The summed E-state index contributed by atoms with van der Waals surface area (Å²) in [6.45, 7) is 4.70. The van der Waals surface area contributed by atoms with E-state index < -0.39 is 111 Å². The van der Waals surface area contributed by atoms with E-state index in [0.29, 0.717) is 28.2 Å². The maximum atomic E-state index is 17.5. The average Bonchev–Trinajstić information content (AvgIpc) is 3.96. The minimum Gasteiger partial charge on any atom is -0.497 e. The van der Waals surface area contributed by atoms with E-state index in [1.165, 1.54) is 27.5 Å². The van der Waals surface area contributed by atoms with Crippen molar-refractivity contribution in [1.82, 2.24) is 28.7 Å². The van der Waals surface area contributed by atoms with Gasteiger partial charge in [0.05, 0.1) is 52.6 Å². The first-order valence-electron chi connectivity index (χ1n) is 25.0. The monoisotopic (exact) mass is 1100 g/mol. The minimum atomic E-state index is -4.81. The lowest BCUT2D eigenvalue weighted by atomic mass is 9.80. The predicted molar refractivity (Wildman–Crippen MR) is 275 cm³/mol. The zero-order valence-corrected chi connectivity index (χ0v) is 44.5. The Hall–Kier alpha value is -6.06. The van der Waals surface area contributed by atoms with Gasteiger partial charge in [0.1, 0.15) is 35.4 Å². The number of rotatable bonds is 25. The summed E-state index contributed by atoms with van der Waals surface area (Å²) in [5.41, 5.74) is -2.84. The van der Waals surface area contributed by atoms with Crippen LogP contribution in [0.5, 0.6) is 11.5 Å². The molecule has 77 heavy (non-hydrogen) atoms. The predicted octanol–water partition coefficient (Wildman–Crippen LogP) is 6.79. The second-order valence-corrected chi connectivity index (χ2v) is 20.5. The Balaban J connectivity index is 1.27. The average molecular weight is 1100 g/mol. The number of benzene rings is 3. The quantitative estimate of drug-likeness (QED) is 0.0266. The van der Waals surface area contributed by atoms with E-state index in [9.17, 15) is 37.6 Å². The van der Waals surface area contributed by atoms with Crippen LogP contribution in [-0.2, 0) is 33.6 Å². The van der Waals surface area contributed by atoms with Gasteiger partial charge in [-0.15, -0.1) is 0 Å². The Morgan fingerprint density at radius 2 is 1.27 bits per heavy atom. The van der Waals surface area contributed by atoms with Gasteiger partial charge in [-0.05, 0) is 81.6 Å². The third kappa shape index (κ3) is 13.8. The molecule has 2 aromatic heterocycles. The molecule has 4 heterocycles. The Labute approximate surface area is 443 Å². The van der Waals surface area contributed by atoms with Crippen molar-refractivity contribution < 1.29 is 55.0 Å². The number of aromatic nitrogens is 4. The van der Waals surface area contributed by atoms with Crippen LogP contribution in [0.1, 0.15) is 69.7 Å². The molecule has 0 spiro atoms. The standard InChI is InChI=1S/C53H64F4N7O12P/c1-33(2)64(34(3)4)77(73-29-11-25-58)76-46-41(74-49(47(46)71-7)63-28-24-44(66)60-51(63)68)30-61(32-52(55,56)57)26-22-40-42(75-48(45(40)54)62-27-23-43(65)59-50(62)67)31-72-53(35-12-9-8-10-13-35,36-14-18-38(69-5)19-15-36)37-16-20-39(70-6)21-17-37/h8-10,12-21,23-24,27-28,33-34,40-42,45-49H,11,22,26,29-32H2,1-7H3,(H,59,65,67)(H,60,66,68)/t40-,41-,42-,45-,46-,47-,48-,49-,77?/m1/s1. The van der Waals surface area contributed by atoms with Gasteiger partial charge in [0.15, 0.2) is 18.6 Å². The fourth-order valence-electron chi connectivity index (χ4n) is 9.97. The van der Waals surface area contributed by atoms with Crippen LogP contribution >= 0.6 is 8.53 Å². The summed E-state index contributed by atoms with van der Waals surface area (Å²) in [6, 6.07) is 27.3. The van der Waals surface area contributed by atoms with E-state index in [0.717, 1.165) is 32.4 Å². The molecule has 19 nitrogen and oxygen atoms in total. The molecular weight excluding hydrogens is 1030 g/mol.